The van der Waals surface area contributed by atoms with Crippen molar-refractivity contribution in [3.63, 3.8) is 0 Å². The standard InChI is InChI=1S/C14H30N2/c1-5-9-16-10-7-13(8-11-16)15-12-14(3,4)6-2/h13,15H,5-12H2,1-4H3. The highest BCUT2D eigenvalue weighted by atomic mass is 15.1. The molecule has 16 heavy (non-hydrogen) atoms. The highest BCUT2D eigenvalue weighted by Gasteiger charge is 2.21. The van der Waals surface area contributed by atoms with Gasteiger partial charge in [-0.15, -0.1) is 0 Å². The van der Waals surface area contributed by atoms with Gasteiger partial charge >= 0.3 is 0 Å². The topological polar surface area (TPSA) is 15.3 Å². The molecule has 0 aromatic rings. The molecule has 1 fully saturated rings. The second-order valence-corrected chi connectivity index (χ2v) is 6.01. The molecule has 0 radical (unpaired) electrons. The molecule has 96 valence electrons. The summed E-state index contributed by atoms with van der Waals surface area (Å²) in [6.45, 7) is 14.3. The van der Waals surface area contributed by atoms with Gasteiger partial charge < -0.3 is 10.2 Å². The third-order valence-electron chi connectivity index (χ3n) is 3.95. The van der Waals surface area contributed by atoms with Crippen LogP contribution in [-0.2, 0) is 0 Å². The first-order chi connectivity index (χ1) is 7.57. The number of piperidine rings is 1. The average Bonchev–Trinajstić information content (AvgIpc) is 2.29. The molecule has 1 rings (SSSR count). The van der Waals surface area contributed by atoms with Gasteiger partial charge in [0.15, 0.2) is 0 Å². The summed E-state index contributed by atoms with van der Waals surface area (Å²) in [5, 5.41) is 3.75. The van der Waals surface area contributed by atoms with Crippen molar-refractivity contribution in [2.75, 3.05) is 26.2 Å². The first kappa shape index (κ1) is 14.0. The minimum Gasteiger partial charge on any atom is -0.313 e. The number of nitrogens with zero attached hydrogens (tertiary/aromatic N) is 1. The fraction of sp³-hybridized carbons (Fsp3) is 1.00. The Labute approximate surface area is 102 Å². The molecule has 0 aliphatic carbocycles. The number of hydrogen-bond acceptors (Lipinski definition) is 2. The van der Waals surface area contributed by atoms with E-state index in [1.165, 1.54) is 51.9 Å². The summed E-state index contributed by atoms with van der Waals surface area (Å²) < 4.78 is 0. The lowest BCUT2D eigenvalue weighted by Gasteiger charge is -2.34. The summed E-state index contributed by atoms with van der Waals surface area (Å²) in [5.74, 6) is 0. The number of likely N-dealkylation sites (tertiary alicyclic amines) is 1. The van der Waals surface area contributed by atoms with E-state index in [4.69, 9.17) is 0 Å². The van der Waals surface area contributed by atoms with Gasteiger partial charge in [-0.1, -0.05) is 27.7 Å². The van der Waals surface area contributed by atoms with Crippen molar-refractivity contribution < 1.29 is 0 Å². The zero-order valence-corrected chi connectivity index (χ0v) is 11.7. The second kappa shape index (κ2) is 6.61. The largest absolute Gasteiger partial charge is 0.313 e. The summed E-state index contributed by atoms with van der Waals surface area (Å²) in [7, 11) is 0. The number of nitrogens with one attached hydrogen (secondary N) is 1. The van der Waals surface area contributed by atoms with E-state index in [0.717, 1.165) is 6.04 Å². The quantitative estimate of drug-likeness (QED) is 0.749. The zero-order chi connectivity index (χ0) is 12.0. The normalized spacial score (nSPS) is 20.2. The van der Waals surface area contributed by atoms with Crippen molar-refractivity contribution >= 4 is 0 Å². The maximum atomic E-state index is 3.75. The molecule has 0 unspecified atom stereocenters. The third-order valence-corrected chi connectivity index (χ3v) is 3.95. The molecule has 0 saturated carbocycles. The van der Waals surface area contributed by atoms with E-state index in [1.54, 1.807) is 0 Å². The van der Waals surface area contributed by atoms with Crippen molar-refractivity contribution in [2.45, 2.75) is 59.4 Å². The highest BCUT2D eigenvalue weighted by molar-refractivity contribution is 4.79. The fourth-order valence-corrected chi connectivity index (χ4v) is 2.22. The van der Waals surface area contributed by atoms with Crippen molar-refractivity contribution in [3.8, 4) is 0 Å². The molecule has 0 atom stereocenters. The van der Waals surface area contributed by atoms with Crippen LogP contribution in [0.1, 0.15) is 53.4 Å². The van der Waals surface area contributed by atoms with Gasteiger partial charge in [-0.05, 0) is 50.7 Å². The molecule has 2 heteroatoms. The van der Waals surface area contributed by atoms with Gasteiger partial charge in [-0.2, -0.15) is 0 Å². The van der Waals surface area contributed by atoms with Gasteiger partial charge in [0.05, 0.1) is 0 Å². The molecule has 0 aromatic heterocycles. The zero-order valence-electron chi connectivity index (χ0n) is 11.7. The second-order valence-electron chi connectivity index (χ2n) is 6.01. The molecule has 1 aliphatic rings. The van der Waals surface area contributed by atoms with E-state index >= 15 is 0 Å². The molecule has 0 aromatic carbocycles. The first-order valence-corrected chi connectivity index (χ1v) is 7.03. The van der Waals surface area contributed by atoms with Crippen molar-refractivity contribution in [1.82, 2.24) is 10.2 Å². The molecule has 1 heterocycles. The van der Waals surface area contributed by atoms with Crippen molar-refractivity contribution in [2.24, 2.45) is 5.41 Å². The predicted octanol–water partition coefficient (Wildman–Crippen LogP) is 2.89. The van der Waals surface area contributed by atoms with E-state index in [9.17, 15) is 0 Å². The third kappa shape index (κ3) is 4.84. The monoisotopic (exact) mass is 226 g/mol. The van der Waals surface area contributed by atoms with Crippen LogP contribution < -0.4 is 5.32 Å². The Hall–Kier alpha value is -0.0800. The van der Waals surface area contributed by atoms with Crippen molar-refractivity contribution in [1.29, 1.82) is 0 Å². The Morgan fingerprint density at radius 2 is 1.81 bits per heavy atom. The van der Waals surface area contributed by atoms with Crippen LogP contribution in [0.15, 0.2) is 0 Å². The molecule has 0 amide bonds. The Bertz CT molecular complexity index is 181. The van der Waals surface area contributed by atoms with Crippen LogP contribution in [0.3, 0.4) is 0 Å². The van der Waals surface area contributed by atoms with Crippen LogP contribution in [0.4, 0.5) is 0 Å². The average molecular weight is 226 g/mol. The Balaban J connectivity index is 2.17. The van der Waals surface area contributed by atoms with Crippen LogP contribution in [0.25, 0.3) is 0 Å². The van der Waals surface area contributed by atoms with Gasteiger partial charge in [-0.3, -0.25) is 0 Å². The maximum Gasteiger partial charge on any atom is 0.00916 e. The number of hydrogen-bond donors (Lipinski definition) is 1. The summed E-state index contributed by atoms with van der Waals surface area (Å²) >= 11 is 0. The molecule has 1 N–H and O–H groups in total. The summed E-state index contributed by atoms with van der Waals surface area (Å²) in [6, 6.07) is 0.763. The Kier molecular flexibility index (Phi) is 5.77. The van der Waals surface area contributed by atoms with Gasteiger partial charge in [0, 0.05) is 12.6 Å². The summed E-state index contributed by atoms with van der Waals surface area (Å²) in [6.07, 6.45) is 5.22. The SMILES string of the molecule is CCCN1CCC(NCC(C)(C)CC)CC1. The van der Waals surface area contributed by atoms with E-state index < -0.39 is 0 Å². The van der Waals surface area contributed by atoms with Crippen LogP contribution in [0.2, 0.25) is 0 Å². The predicted molar refractivity (Wildman–Crippen MR) is 71.8 cm³/mol. The minimum absolute atomic E-state index is 0.459. The Morgan fingerprint density at radius 1 is 1.19 bits per heavy atom. The van der Waals surface area contributed by atoms with Crippen LogP contribution >= 0.6 is 0 Å². The van der Waals surface area contributed by atoms with Gasteiger partial charge in [0.2, 0.25) is 0 Å². The molecule has 2 nitrogen and oxygen atoms in total. The van der Waals surface area contributed by atoms with E-state index in [2.05, 4.69) is 37.9 Å². The number of rotatable bonds is 6. The molecule has 0 bridgehead atoms. The van der Waals surface area contributed by atoms with E-state index in [0.29, 0.717) is 5.41 Å². The van der Waals surface area contributed by atoms with Crippen LogP contribution in [-0.4, -0.2) is 37.1 Å². The highest BCUT2D eigenvalue weighted by Crippen LogP contribution is 2.19. The molecular formula is C14H30N2. The van der Waals surface area contributed by atoms with Gasteiger partial charge in [0.25, 0.3) is 0 Å². The molecule has 0 spiro atoms. The van der Waals surface area contributed by atoms with Crippen molar-refractivity contribution in [3.05, 3.63) is 0 Å². The van der Waals surface area contributed by atoms with Crippen LogP contribution in [0.5, 0.6) is 0 Å². The lowest BCUT2D eigenvalue weighted by atomic mass is 9.89. The van der Waals surface area contributed by atoms with E-state index in [1.807, 2.05) is 0 Å². The molecule has 1 aliphatic heterocycles. The summed E-state index contributed by atoms with van der Waals surface area (Å²) in [4.78, 5) is 2.60. The minimum atomic E-state index is 0.459. The van der Waals surface area contributed by atoms with Gasteiger partial charge in [0.1, 0.15) is 0 Å². The maximum absolute atomic E-state index is 3.75. The fourth-order valence-electron chi connectivity index (χ4n) is 2.22. The smallest absolute Gasteiger partial charge is 0.00916 e. The lowest BCUT2D eigenvalue weighted by molar-refractivity contribution is 0.187. The molecule has 1 saturated heterocycles. The van der Waals surface area contributed by atoms with E-state index in [-0.39, 0.29) is 0 Å². The first-order valence-electron chi connectivity index (χ1n) is 7.03. The lowest BCUT2D eigenvalue weighted by Crippen LogP contribution is -2.45. The molecular weight excluding hydrogens is 196 g/mol. The summed E-state index contributed by atoms with van der Waals surface area (Å²) in [5.41, 5.74) is 0.459. The van der Waals surface area contributed by atoms with Crippen LogP contribution in [0, 0.1) is 5.41 Å². The Morgan fingerprint density at radius 3 is 2.31 bits per heavy atom. The van der Waals surface area contributed by atoms with Gasteiger partial charge in [-0.25, -0.2) is 0 Å².